The summed E-state index contributed by atoms with van der Waals surface area (Å²) in [5, 5.41) is 0. The van der Waals surface area contributed by atoms with E-state index in [1.165, 1.54) is 0 Å². The second-order valence-corrected chi connectivity index (χ2v) is 6.50. The number of nitrogens with two attached hydrogens (primary N) is 1. The molecule has 0 atom stereocenters. The van der Waals surface area contributed by atoms with Crippen molar-refractivity contribution in [2.45, 2.75) is 0 Å². The minimum absolute atomic E-state index is 0.00692. The number of aromatic nitrogens is 1. The zero-order valence-corrected chi connectivity index (χ0v) is 14.6. The van der Waals surface area contributed by atoms with E-state index < -0.39 is 5.91 Å². The molecule has 124 valence electrons. The van der Waals surface area contributed by atoms with Crippen LogP contribution in [0.15, 0.2) is 47.2 Å². The highest BCUT2D eigenvalue weighted by Crippen LogP contribution is 2.19. The summed E-state index contributed by atoms with van der Waals surface area (Å²) >= 11 is 3.34. The van der Waals surface area contributed by atoms with Crippen LogP contribution in [0.1, 0.15) is 20.7 Å². The molecule has 2 amide bonds. The Balaban J connectivity index is 1.63. The number of primary amides is 1. The fourth-order valence-corrected chi connectivity index (χ4v) is 3.08. The molecule has 2 aromatic rings. The summed E-state index contributed by atoms with van der Waals surface area (Å²) in [6.45, 7) is 2.76. The van der Waals surface area contributed by atoms with Gasteiger partial charge in [0.25, 0.3) is 5.91 Å². The average Bonchev–Trinajstić information content (AvgIpc) is 2.61. The first-order valence-corrected chi connectivity index (χ1v) is 8.38. The summed E-state index contributed by atoms with van der Waals surface area (Å²) in [6.07, 6.45) is 3.24. The molecule has 0 spiro atoms. The van der Waals surface area contributed by atoms with E-state index in [-0.39, 0.29) is 5.91 Å². The van der Waals surface area contributed by atoms with E-state index in [2.05, 4.69) is 25.8 Å². The topological polar surface area (TPSA) is 79.5 Å². The van der Waals surface area contributed by atoms with Gasteiger partial charge in [0.2, 0.25) is 5.91 Å². The number of amides is 2. The number of nitrogens with zero attached hydrogens (tertiary/aromatic N) is 3. The molecule has 3 rings (SSSR count). The van der Waals surface area contributed by atoms with Crippen LogP contribution in [0.5, 0.6) is 0 Å². The second kappa shape index (κ2) is 7.00. The predicted molar refractivity (Wildman–Crippen MR) is 95.0 cm³/mol. The highest BCUT2D eigenvalue weighted by atomic mass is 79.9. The summed E-state index contributed by atoms with van der Waals surface area (Å²) in [7, 11) is 0. The van der Waals surface area contributed by atoms with Gasteiger partial charge in [0, 0.05) is 54.3 Å². The summed E-state index contributed by atoms with van der Waals surface area (Å²) in [5.74, 6) is -0.438. The molecule has 7 heteroatoms. The van der Waals surface area contributed by atoms with Crippen LogP contribution in [0.2, 0.25) is 0 Å². The van der Waals surface area contributed by atoms with Gasteiger partial charge < -0.3 is 15.5 Å². The quantitative estimate of drug-likeness (QED) is 0.870. The van der Waals surface area contributed by atoms with Crippen molar-refractivity contribution in [3.63, 3.8) is 0 Å². The van der Waals surface area contributed by atoms with E-state index in [1.54, 1.807) is 30.6 Å². The van der Waals surface area contributed by atoms with Crippen LogP contribution in [0.25, 0.3) is 0 Å². The zero-order chi connectivity index (χ0) is 17.1. The average molecular weight is 389 g/mol. The van der Waals surface area contributed by atoms with Crippen molar-refractivity contribution in [1.82, 2.24) is 9.88 Å². The van der Waals surface area contributed by atoms with Crippen molar-refractivity contribution in [2.75, 3.05) is 31.1 Å². The van der Waals surface area contributed by atoms with Gasteiger partial charge in [-0.2, -0.15) is 0 Å². The van der Waals surface area contributed by atoms with E-state index in [0.29, 0.717) is 24.2 Å². The van der Waals surface area contributed by atoms with Crippen LogP contribution in [0.4, 0.5) is 5.69 Å². The number of carbonyl (C=O) groups excluding carboxylic acids is 2. The molecule has 2 N–H and O–H groups in total. The van der Waals surface area contributed by atoms with Crippen molar-refractivity contribution >= 4 is 33.4 Å². The van der Waals surface area contributed by atoms with Gasteiger partial charge in [-0.25, -0.2) is 0 Å². The lowest BCUT2D eigenvalue weighted by atomic mass is 10.1. The standard InChI is InChI=1S/C17H17BrN4O2/c18-14-9-13(10-20-11-14)17(24)22-7-5-21(6-8-22)15-3-1-12(2-4-15)16(19)23/h1-4,9-11H,5-8H2,(H2,19,23). The summed E-state index contributed by atoms with van der Waals surface area (Å²) < 4.78 is 0.793. The molecule has 1 aromatic heterocycles. The van der Waals surface area contributed by atoms with Crippen molar-refractivity contribution < 1.29 is 9.59 Å². The Kier molecular flexibility index (Phi) is 4.80. The molecule has 1 aromatic carbocycles. The highest BCUT2D eigenvalue weighted by molar-refractivity contribution is 9.10. The first-order chi connectivity index (χ1) is 11.5. The first kappa shape index (κ1) is 16.4. The fraction of sp³-hybridized carbons (Fsp3) is 0.235. The predicted octanol–water partition coefficient (Wildman–Crippen LogP) is 1.91. The van der Waals surface area contributed by atoms with Gasteiger partial charge in [0.1, 0.15) is 0 Å². The Morgan fingerprint density at radius 3 is 2.25 bits per heavy atom. The molecule has 1 fully saturated rings. The van der Waals surface area contributed by atoms with Crippen LogP contribution in [0, 0.1) is 0 Å². The fourth-order valence-electron chi connectivity index (χ4n) is 2.72. The maximum Gasteiger partial charge on any atom is 0.255 e. The van der Waals surface area contributed by atoms with Crippen LogP contribution in [-0.4, -0.2) is 47.9 Å². The zero-order valence-electron chi connectivity index (χ0n) is 13.0. The smallest absolute Gasteiger partial charge is 0.255 e. The van der Waals surface area contributed by atoms with Gasteiger partial charge in [0.15, 0.2) is 0 Å². The maximum absolute atomic E-state index is 12.5. The Labute approximate surface area is 148 Å². The van der Waals surface area contributed by atoms with Gasteiger partial charge in [-0.3, -0.25) is 14.6 Å². The number of benzene rings is 1. The molecule has 0 radical (unpaired) electrons. The van der Waals surface area contributed by atoms with Crippen molar-refractivity contribution in [1.29, 1.82) is 0 Å². The van der Waals surface area contributed by atoms with Gasteiger partial charge in [-0.15, -0.1) is 0 Å². The number of hydrogen-bond donors (Lipinski definition) is 1. The molecule has 0 aliphatic carbocycles. The summed E-state index contributed by atoms with van der Waals surface area (Å²) in [6, 6.07) is 9.00. The lowest BCUT2D eigenvalue weighted by Gasteiger charge is -2.36. The summed E-state index contributed by atoms with van der Waals surface area (Å²) in [4.78, 5) is 31.7. The third-order valence-electron chi connectivity index (χ3n) is 4.04. The Hall–Kier alpha value is -2.41. The molecule has 6 nitrogen and oxygen atoms in total. The largest absolute Gasteiger partial charge is 0.368 e. The Bertz CT molecular complexity index is 755. The minimum atomic E-state index is -0.431. The van der Waals surface area contributed by atoms with E-state index >= 15 is 0 Å². The van der Waals surface area contributed by atoms with Crippen LogP contribution in [-0.2, 0) is 0 Å². The number of anilines is 1. The minimum Gasteiger partial charge on any atom is -0.368 e. The lowest BCUT2D eigenvalue weighted by Crippen LogP contribution is -2.48. The molecule has 2 heterocycles. The highest BCUT2D eigenvalue weighted by Gasteiger charge is 2.22. The summed E-state index contributed by atoms with van der Waals surface area (Å²) in [5.41, 5.74) is 7.36. The molecule has 1 aliphatic heterocycles. The van der Waals surface area contributed by atoms with Gasteiger partial charge in [-0.05, 0) is 46.3 Å². The normalized spacial score (nSPS) is 14.5. The molecule has 0 unspecified atom stereocenters. The number of rotatable bonds is 3. The third-order valence-corrected chi connectivity index (χ3v) is 4.47. The van der Waals surface area contributed by atoms with E-state index in [4.69, 9.17) is 5.73 Å². The van der Waals surface area contributed by atoms with Crippen molar-refractivity contribution in [3.05, 3.63) is 58.3 Å². The third kappa shape index (κ3) is 3.56. The van der Waals surface area contributed by atoms with Gasteiger partial charge in [0.05, 0.1) is 5.56 Å². The molecular formula is C17H17BrN4O2. The lowest BCUT2D eigenvalue weighted by molar-refractivity contribution is 0.0746. The number of carbonyl (C=O) groups is 2. The first-order valence-electron chi connectivity index (χ1n) is 7.59. The number of halogens is 1. The molecule has 0 bridgehead atoms. The second-order valence-electron chi connectivity index (χ2n) is 5.58. The SMILES string of the molecule is NC(=O)c1ccc(N2CCN(C(=O)c3cncc(Br)c3)CC2)cc1. The van der Waals surface area contributed by atoms with E-state index in [0.717, 1.165) is 23.2 Å². The van der Waals surface area contributed by atoms with Crippen LogP contribution in [0.3, 0.4) is 0 Å². The Morgan fingerprint density at radius 1 is 1.00 bits per heavy atom. The van der Waals surface area contributed by atoms with Gasteiger partial charge >= 0.3 is 0 Å². The van der Waals surface area contributed by atoms with Gasteiger partial charge in [-0.1, -0.05) is 0 Å². The number of hydrogen-bond acceptors (Lipinski definition) is 4. The Morgan fingerprint density at radius 2 is 1.67 bits per heavy atom. The van der Waals surface area contributed by atoms with E-state index in [1.807, 2.05) is 17.0 Å². The molecule has 1 saturated heterocycles. The molecule has 24 heavy (non-hydrogen) atoms. The van der Waals surface area contributed by atoms with Crippen molar-refractivity contribution in [3.8, 4) is 0 Å². The maximum atomic E-state index is 12.5. The number of pyridine rings is 1. The monoisotopic (exact) mass is 388 g/mol. The van der Waals surface area contributed by atoms with Crippen LogP contribution < -0.4 is 10.6 Å². The van der Waals surface area contributed by atoms with Crippen LogP contribution >= 0.6 is 15.9 Å². The van der Waals surface area contributed by atoms with Crippen molar-refractivity contribution in [2.24, 2.45) is 5.73 Å². The molecular weight excluding hydrogens is 372 g/mol. The number of piperazine rings is 1. The molecule has 1 aliphatic rings. The van der Waals surface area contributed by atoms with E-state index in [9.17, 15) is 9.59 Å². The molecule has 0 saturated carbocycles.